The molecule has 4 rings (SSSR count). The third kappa shape index (κ3) is 12.7. The average molecular weight is 733 g/mol. The summed E-state index contributed by atoms with van der Waals surface area (Å²) < 4.78 is 0. The highest BCUT2D eigenvalue weighted by Gasteiger charge is 2.31. The zero-order valence-electron chi connectivity index (χ0n) is 32.3. The van der Waals surface area contributed by atoms with E-state index < -0.39 is 30.0 Å². The van der Waals surface area contributed by atoms with Crippen molar-refractivity contribution in [2.75, 3.05) is 13.1 Å². The van der Waals surface area contributed by atoms with Gasteiger partial charge in [0.15, 0.2) is 0 Å². The number of aliphatic hydroxyl groups excluding tert-OH is 1. The van der Waals surface area contributed by atoms with Crippen molar-refractivity contribution in [2.45, 2.75) is 91.3 Å². The summed E-state index contributed by atoms with van der Waals surface area (Å²) in [7, 11) is 0. The maximum Gasteiger partial charge on any atom is 0.243 e. The van der Waals surface area contributed by atoms with Crippen LogP contribution in [0.5, 0.6) is 0 Å². The molecular weight excluding hydrogens is 677 g/mol. The number of hydrogen-bond acceptors (Lipinski definition) is 5. The molecule has 54 heavy (non-hydrogen) atoms. The van der Waals surface area contributed by atoms with Crippen LogP contribution in [-0.2, 0) is 32.0 Å². The highest BCUT2D eigenvalue weighted by molar-refractivity contribution is 5.91. The molecule has 0 aliphatic carbocycles. The van der Waals surface area contributed by atoms with Crippen LogP contribution in [0.15, 0.2) is 84.9 Å². The van der Waals surface area contributed by atoms with E-state index in [1.54, 1.807) is 0 Å². The first-order valence-electron chi connectivity index (χ1n) is 19.1. The van der Waals surface area contributed by atoms with Crippen molar-refractivity contribution in [2.24, 2.45) is 17.8 Å². The quantitative estimate of drug-likeness (QED) is 0.0818. The molecule has 0 unspecified atom stereocenters. The van der Waals surface area contributed by atoms with Crippen molar-refractivity contribution in [3.05, 3.63) is 96.1 Å². The van der Waals surface area contributed by atoms with Crippen LogP contribution in [0.25, 0.3) is 21.5 Å². The van der Waals surface area contributed by atoms with Gasteiger partial charge in [0.25, 0.3) is 0 Å². The fourth-order valence-electron chi connectivity index (χ4n) is 6.57. The minimum atomic E-state index is -1.14. The predicted octanol–water partition coefficient (Wildman–Crippen LogP) is 5.85. The largest absolute Gasteiger partial charge is 0.390 e. The van der Waals surface area contributed by atoms with E-state index in [0.29, 0.717) is 31.7 Å². The maximum atomic E-state index is 14.5. The van der Waals surface area contributed by atoms with Gasteiger partial charge in [-0.1, -0.05) is 131 Å². The van der Waals surface area contributed by atoms with E-state index in [1.165, 1.54) is 6.92 Å². The highest BCUT2D eigenvalue weighted by Crippen LogP contribution is 2.26. The Hall–Kier alpha value is -5.20. The second kappa shape index (κ2) is 20.9. The van der Waals surface area contributed by atoms with Gasteiger partial charge in [-0.2, -0.15) is 0 Å². The summed E-state index contributed by atoms with van der Waals surface area (Å²) >= 11 is 0. The van der Waals surface area contributed by atoms with Crippen LogP contribution in [0.1, 0.15) is 71.4 Å². The fraction of sp³-hybridized carbons (Fsp3) is 0.422. The Morgan fingerprint density at radius 1 is 0.722 bits per heavy atom. The van der Waals surface area contributed by atoms with E-state index >= 15 is 0 Å². The van der Waals surface area contributed by atoms with E-state index in [9.17, 15) is 24.3 Å². The number of fused-ring (bicyclic) bond motifs is 2. The molecule has 9 heteroatoms. The topological polar surface area (TPSA) is 137 Å². The fourth-order valence-corrected chi connectivity index (χ4v) is 6.57. The Morgan fingerprint density at radius 3 is 1.85 bits per heavy atom. The molecule has 0 spiro atoms. The van der Waals surface area contributed by atoms with Crippen molar-refractivity contribution < 1.29 is 24.3 Å². The lowest BCUT2D eigenvalue weighted by atomic mass is 9.87. The first kappa shape index (κ1) is 41.6. The predicted molar refractivity (Wildman–Crippen MR) is 216 cm³/mol. The summed E-state index contributed by atoms with van der Waals surface area (Å²) in [6.45, 7) is 10.1. The van der Waals surface area contributed by atoms with Crippen LogP contribution in [0.3, 0.4) is 0 Å². The lowest BCUT2D eigenvalue weighted by Crippen LogP contribution is -2.54. The lowest BCUT2D eigenvalue weighted by molar-refractivity contribution is -0.132. The van der Waals surface area contributed by atoms with Gasteiger partial charge in [-0.25, -0.2) is 0 Å². The number of carbonyl (C=O) groups excluding carboxylic acids is 4. The normalized spacial score (nSPS) is 13.4. The monoisotopic (exact) mass is 732 g/mol. The summed E-state index contributed by atoms with van der Waals surface area (Å²) in [4.78, 5) is 52.8. The molecular formula is C45H56N4O5. The molecule has 0 fully saturated rings. The highest BCUT2D eigenvalue weighted by atomic mass is 16.3. The minimum absolute atomic E-state index is 0.0215. The Labute approximate surface area is 320 Å². The molecule has 0 saturated heterocycles. The molecule has 0 aromatic heterocycles. The molecule has 4 aromatic rings. The SMILES string of the molecule is CC[C@H](C)CNC(=O)C[C@H](O)[C@H](CC(C)C)NC(=O)[C@@H](CC#CCNC(C)=O)NC(=O)C(Cc1cccc2ccccc12)Cc1cccc2ccccc12. The zero-order valence-corrected chi connectivity index (χ0v) is 32.3. The first-order chi connectivity index (χ1) is 25.9. The van der Waals surface area contributed by atoms with Crippen LogP contribution in [0.4, 0.5) is 0 Å². The van der Waals surface area contributed by atoms with Crippen molar-refractivity contribution >= 4 is 45.2 Å². The Bertz CT molecular complexity index is 1850. The standard InChI is InChI=1S/C45H56N4O5/c1-6-31(4)29-47-43(52)28-42(51)41(25-30(2)3)49-45(54)40(23-11-12-24-46-32(5)50)48-44(53)37(26-35-19-13-17-33-15-7-9-21-38(33)35)27-36-20-14-18-34-16-8-10-22-39(34)36/h7-10,13-22,30-31,37,40-42,51H,6,23-29H2,1-5H3,(H,46,50)(H,47,52)(H,48,53)(H,49,54)/t31-,40+,41-,42-/m0/s1. The van der Waals surface area contributed by atoms with E-state index in [2.05, 4.69) is 76.4 Å². The van der Waals surface area contributed by atoms with Gasteiger partial charge < -0.3 is 26.4 Å². The Morgan fingerprint density at radius 2 is 1.30 bits per heavy atom. The average Bonchev–Trinajstić information content (AvgIpc) is 3.15. The number of benzene rings is 4. The molecule has 4 amide bonds. The maximum absolute atomic E-state index is 14.5. The van der Waals surface area contributed by atoms with Crippen LogP contribution in [-0.4, -0.2) is 60.0 Å². The van der Waals surface area contributed by atoms with Gasteiger partial charge in [-0.15, -0.1) is 0 Å². The number of aliphatic hydroxyl groups is 1. The smallest absolute Gasteiger partial charge is 0.243 e. The summed E-state index contributed by atoms with van der Waals surface area (Å²) in [6.07, 6.45) is 0.872. The summed E-state index contributed by atoms with van der Waals surface area (Å²) in [5, 5.41) is 27.0. The number of nitrogens with one attached hydrogen (secondary N) is 4. The zero-order chi connectivity index (χ0) is 39.0. The van der Waals surface area contributed by atoms with Crippen molar-refractivity contribution in [1.29, 1.82) is 0 Å². The van der Waals surface area contributed by atoms with Gasteiger partial charge in [0.05, 0.1) is 25.1 Å². The molecule has 5 N–H and O–H groups in total. The molecule has 0 heterocycles. The van der Waals surface area contributed by atoms with E-state index in [0.717, 1.165) is 39.1 Å². The molecule has 0 saturated carbocycles. The van der Waals surface area contributed by atoms with E-state index in [1.807, 2.05) is 69.3 Å². The van der Waals surface area contributed by atoms with E-state index in [-0.39, 0.29) is 43.0 Å². The third-order valence-electron chi connectivity index (χ3n) is 9.81. The van der Waals surface area contributed by atoms with Crippen LogP contribution in [0.2, 0.25) is 0 Å². The number of rotatable bonds is 18. The van der Waals surface area contributed by atoms with Crippen molar-refractivity contribution in [1.82, 2.24) is 21.3 Å². The van der Waals surface area contributed by atoms with E-state index in [4.69, 9.17) is 0 Å². The molecule has 9 nitrogen and oxygen atoms in total. The molecule has 4 aromatic carbocycles. The third-order valence-corrected chi connectivity index (χ3v) is 9.81. The van der Waals surface area contributed by atoms with Crippen LogP contribution >= 0.6 is 0 Å². The summed E-state index contributed by atoms with van der Waals surface area (Å²) in [6, 6.07) is 26.6. The molecule has 4 atom stereocenters. The number of hydrogen-bond donors (Lipinski definition) is 5. The van der Waals surface area contributed by atoms with Crippen LogP contribution in [0, 0.1) is 29.6 Å². The van der Waals surface area contributed by atoms with Crippen molar-refractivity contribution in [3.63, 3.8) is 0 Å². The summed E-state index contributed by atoms with van der Waals surface area (Å²) in [5.74, 6) is 4.37. The molecule has 0 bridgehead atoms. The van der Waals surface area contributed by atoms with Gasteiger partial charge >= 0.3 is 0 Å². The van der Waals surface area contributed by atoms with Crippen LogP contribution < -0.4 is 21.3 Å². The summed E-state index contributed by atoms with van der Waals surface area (Å²) in [5.41, 5.74) is 2.05. The molecule has 0 radical (unpaired) electrons. The minimum Gasteiger partial charge on any atom is -0.390 e. The van der Waals surface area contributed by atoms with Gasteiger partial charge in [0.2, 0.25) is 23.6 Å². The van der Waals surface area contributed by atoms with Gasteiger partial charge in [-0.3, -0.25) is 19.2 Å². The Kier molecular flexibility index (Phi) is 16.1. The molecule has 0 aliphatic rings. The molecule has 0 aliphatic heterocycles. The number of carbonyl (C=O) groups is 4. The number of amides is 4. The van der Waals surface area contributed by atoms with Gasteiger partial charge in [0, 0.05) is 25.8 Å². The van der Waals surface area contributed by atoms with Gasteiger partial charge in [-0.05, 0) is 63.8 Å². The molecule has 286 valence electrons. The van der Waals surface area contributed by atoms with Gasteiger partial charge in [0.1, 0.15) is 6.04 Å². The lowest BCUT2D eigenvalue weighted by Gasteiger charge is -2.28. The van der Waals surface area contributed by atoms with Crippen molar-refractivity contribution in [3.8, 4) is 11.8 Å². The second-order valence-corrected chi connectivity index (χ2v) is 14.7. The Balaban J connectivity index is 1.63. The second-order valence-electron chi connectivity index (χ2n) is 14.7. The first-order valence-corrected chi connectivity index (χ1v) is 19.1.